The Morgan fingerprint density at radius 3 is 1.65 bits per heavy atom. The van der Waals surface area contributed by atoms with Gasteiger partial charge in [0.2, 0.25) is 11.8 Å². The molecule has 0 saturated carbocycles. The summed E-state index contributed by atoms with van der Waals surface area (Å²) in [6.07, 6.45) is 0. The predicted octanol–water partition coefficient (Wildman–Crippen LogP) is 2.45. The second kappa shape index (κ2) is 3.60. The van der Waals surface area contributed by atoms with Crippen LogP contribution in [0.3, 0.4) is 0 Å². The lowest BCUT2D eigenvalue weighted by molar-refractivity contribution is -0.138. The standard InChI is InChI=1S/C17H17NO2/c1-8-9(2)13-11-7-5-4-6-10(11)12(8)14-15(13)17(20)18(3)16(14)19/h4-7,12-15H,1-3H3/t12-,13+,14+,15-. The fraction of sp³-hybridized carbons (Fsp3) is 0.412. The van der Waals surface area contributed by atoms with Crippen molar-refractivity contribution in [1.29, 1.82) is 0 Å². The number of carbonyl (C=O) groups is 2. The van der Waals surface area contributed by atoms with E-state index in [1.165, 1.54) is 27.2 Å². The van der Waals surface area contributed by atoms with E-state index in [4.69, 9.17) is 0 Å². The van der Waals surface area contributed by atoms with Crippen LogP contribution in [0.2, 0.25) is 0 Å². The number of benzene rings is 1. The minimum Gasteiger partial charge on any atom is -0.285 e. The zero-order valence-electron chi connectivity index (χ0n) is 11.9. The highest BCUT2D eigenvalue weighted by atomic mass is 16.2. The molecule has 1 aliphatic heterocycles. The van der Waals surface area contributed by atoms with E-state index >= 15 is 0 Å². The Kier molecular flexibility index (Phi) is 2.14. The van der Waals surface area contributed by atoms with Crippen LogP contribution < -0.4 is 0 Å². The molecule has 4 atom stereocenters. The van der Waals surface area contributed by atoms with E-state index in [0.29, 0.717) is 0 Å². The maximum atomic E-state index is 12.5. The van der Waals surface area contributed by atoms with Gasteiger partial charge >= 0.3 is 0 Å². The molecule has 20 heavy (non-hydrogen) atoms. The SMILES string of the molecule is CC1=C(C)[C@H]2c3ccccc3[C@@H]1[C@@H]1C(=O)N(C)C(=O)[C@@H]12. The zero-order chi connectivity index (χ0) is 14.2. The van der Waals surface area contributed by atoms with E-state index in [1.807, 2.05) is 12.1 Å². The van der Waals surface area contributed by atoms with Crippen LogP contribution in [0.25, 0.3) is 0 Å². The number of likely N-dealkylation sites (tertiary alicyclic amines) is 1. The zero-order valence-corrected chi connectivity index (χ0v) is 11.9. The number of hydrogen-bond acceptors (Lipinski definition) is 2. The monoisotopic (exact) mass is 267 g/mol. The highest BCUT2D eigenvalue weighted by Gasteiger charge is 2.59. The first kappa shape index (κ1) is 11.9. The van der Waals surface area contributed by atoms with Gasteiger partial charge in [0, 0.05) is 18.9 Å². The van der Waals surface area contributed by atoms with Crippen LogP contribution in [0.5, 0.6) is 0 Å². The van der Waals surface area contributed by atoms with Crippen molar-refractivity contribution in [2.24, 2.45) is 11.8 Å². The van der Waals surface area contributed by atoms with Gasteiger partial charge in [-0.2, -0.15) is 0 Å². The topological polar surface area (TPSA) is 37.4 Å². The largest absolute Gasteiger partial charge is 0.285 e. The summed E-state index contributed by atoms with van der Waals surface area (Å²) in [4.78, 5) is 26.3. The first-order valence-electron chi connectivity index (χ1n) is 7.11. The summed E-state index contributed by atoms with van der Waals surface area (Å²) >= 11 is 0. The van der Waals surface area contributed by atoms with Crippen molar-refractivity contribution in [3.63, 3.8) is 0 Å². The van der Waals surface area contributed by atoms with Gasteiger partial charge in [-0.3, -0.25) is 14.5 Å². The van der Waals surface area contributed by atoms with E-state index in [1.54, 1.807) is 7.05 Å². The Hall–Kier alpha value is -1.90. The number of hydrogen-bond donors (Lipinski definition) is 0. The van der Waals surface area contributed by atoms with Crippen molar-refractivity contribution in [2.45, 2.75) is 25.7 Å². The molecule has 1 saturated heterocycles. The third-order valence-corrected chi connectivity index (χ3v) is 5.56. The third kappa shape index (κ3) is 1.13. The second-order valence-electron chi connectivity index (χ2n) is 6.24. The van der Waals surface area contributed by atoms with Crippen molar-refractivity contribution < 1.29 is 9.59 Å². The Balaban J connectivity index is 2.02. The van der Waals surface area contributed by atoms with E-state index < -0.39 is 0 Å². The molecule has 0 spiro atoms. The van der Waals surface area contributed by atoms with Gasteiger partial charge in [0.25, 0.3) is 0 Å². The first-order chi connectivity index (χ1) is 9.54. The number of nitrogens with zero attached hydrogens (tertiary/aromatic N) is 1. The number of rotatable bonds is 0. The minimum absolute atomic E-state index is 0.00338. The highest BCUT2D eigenvalue weighted by Crippen LogP contribution is 2.60. The van der Waals surface area contributed by atoms with Gasteiger partial charge in [-0.15, -0.1) is 0 Å². The van der Waals surface area contributed by atoms with Gasteiger partial charge < -0.3 is 0 Å². The van der Waals surface area contributed by atoms with Crippen molar-refractivity contribution in [3.05, 3.63) is 46.5 Å². The van der Waals surface area contributed by atoms with Crippen LogP contribution in [-0.4, -0.2) is 23.8 Å². The van der Waals surface area contributed by atoms with Crippen LogP contribution in [0.1, 0.15) is 36.8 Å². The molecule has 5 rings (SSSR count). The third-order valence-electron chi connectivity index (χ3n) is 5.56. The fourth-order valence-corrected chi connectivity index (χ4v) is 4.52. The van der Waals surface area contributed by atoms with Crippen LogP contribution >= 0.6 is 0 Å². The number of imide groups is 1. The summed E-state index contributed by atoms with van der Waals surface area (Å²) < 4.78 is 0. The van der Waals surface area contributed by atoms with Gasteiger partial charge in [0.05, 0.1) is 11.8 Å². The van der Waals surface area contributed by atoms with Gasteiger partial charge in [0.1, 0.15) is 0 Å². The maximum absolute atomic E-state index is 12.5. The molecule has 3 aliphatic carbocycles. The lowest BCUT2D eigenvalue weighted by Gasteiger charge is -2.46. The normalized spacial score (nSPS) is 34.6. The molecule has 1 fully saturated rings. The van der Waals surface area contributed by atoms with Crippen LogP contribution in [0, 0.1) is 11.8 Å². The first-order valence-corrected chi connectivity index (χ1v) is 7.11. The molecular formula is C17H17NO2. The molecule has 0 unspecified atom stereocenters. The van der Waals surface area contributed by atoms with Crippen molar-refractivity contribution in [2.75, 3.05) is 7.05 Å². The molecule has 1 heterocycles. The molecule has 1 aromatic carbocycles. The maximum Gasteiger partial charge on any atom is 0.233 e. The fourth-order valence-electron chi connectivity index (χ4n) is 4.52. The van der Waals surface area contributed by atoms with Gasteiger partial charge in [0.15, 0.2) is 0 Å². The number of carbonyl (C=O) groups excluding carboxylic acids is 2. The summed E-state index contributed by atoms with van der Waals surface area (Å²) in [5, 5.41) is 0. The van der Waals surface area contributed by atoms with Crippen LogP contribution in [0.4, 0.5) is 0 Å². The number of amides is 2. The molecular weight excluding hydrogens is 250 g/mol. The summed E-state index contributed by atoms with van der Waals surface area (Å²) in [7, 11) is 1.62. The molecule has 3 heteroatoms. The lowest BCUT2D eigenvalue weighted by atomic mass is 9.55. The summed E-state index contributed by atoms with van der Waals surface area (Å²) in [5.41, 5.74) is 5.06. The Labute approximate surface area is 118 Å². The summed E-state index contributed by atoms with van der Waals surface area (Å²) in [5.74, 6) is -0.204. The second-order valence-corrected chi connectivity index (χ2v) is 6.24. The Morgan fingerprint density at radius 1 is 0.850 bits per heavy atom. The minimum atomic E-state index is -0.184. The van der Waals surface area contributed by atoms with E-state index in [0.717, 1.165) is 0 Å². The van der Waals surface area contributed by atoms with Crippen molar-refractivity contribution in [3.8, 4) is 0 Å². The summed E-state index contributed by atoms with van der Waals surface area (Å²) in [6, 6.07) is 8.30. The molecule has 1 aromatic rings. The van der Waals surface area contributed by atoms with E-state index in [9.17, 15) is 9.59 Å². The average molecular weight is 267 g/mol. The van der Waals surface area contributed by atoms with Crippen LogP contribution in [0.15, 0.2) is 35.4 Å². The Morgan fingerprint density at radius 2 is 1.25 bits per heavy atom. The van der Waals surface area contributed by atoms with Gasteiger partial charge in [-0.05, 0) is 25.0 Å². The van der Waals surface area contributed by atoms with E-state index in [2.05, 4.69) is 26.0 Å². The van der Waals surface area contributed by atoms with Crippen molar-refractivity contribution in [1.82, 2.24) is 4.90 Å². The molecule has 2 amide bonds. The predicted molar refractivity (Wildman–Crippen MR) is 75.1 cm³/mol. The quantitative estimate of drug-likeness (QED) is 0.535. The Bertz CT molecular complexity index is 631. The number of allylic oxidation sites excluding steroid dienone is 2. The van der Waals surface area contributed by atoms with E-state index in [-0.39, 0.29) is 35.5 Å². The molecule has 0 aromatic heterocycles. The highest BCUT2D eigenvalue weighted by molar-refractivity contribution is 6.07. The molecule has 102 valence electrons. The van der Waals surface area contributed by atoms with Crippen molar-refractivity contribution >= 4 is 11.8 Å². The molecule has 3 nitrogen and oxygen atoms in total. The van der Waals surface area contributed by atoms with Gasteiger partial charge in [-0.25, -0.2) is 0 Å². The van der Waals surface area contributed by atoms with Crippen LogP contribution in [-0.2, 0) is 9.59 Å². The average Bonchev–Trinajstić information content (AvgIpc) is 2.68. The molecule has 0 N–H and O–H groups in total. The smallest absolute Gasteiger partial charge is 0.233 e. The summed E-state index contributed by atoms with van der Waals surface area (Å²) in [6.45, 7) is 4.24. The molecule has 0 radical (unpaired) electrons. The molecule has 4 aliphatic rings. The van der Waals surface area contributed by atoms with Gasteiger partial charge in [-0.1, -0.05) is 35.4 Å². The molecule has 2 bridgehead atoms. The lowest BCUT2D eigenvalue weighted by Crippen LogP contribution is -2.40.